The van der Waals surface area contributed by atoms with Gasteiger partial charge in [0, 0.05) is 10.8 Å². The molecular weight excluding hydrogens is 286 g/mol. The highest BCUT2D eigenvalue weighted by atomic mass is 32.2. The zero-order valence-electron chi connectivity index (χ0n) is 11.8. The van der Waals surface area contributed by atoms with Crippen LogP contribution in [0.2, 0.25) is 0 Å². The fourth-order valence-corrected chi connectivity index (χ4v) is 6.82. The molecule has 20 heavy (non-hydrogen) atoms. The number of ether oxygens (including phenoxy) is 1. The molecule has 1 aromatic carbocycles. The van der Waals surface area contributed by atoms with Crippen LogP contribution in [-0.2, 0) is 4.74 Å². The molecule has 0 N–H and O–H groups in total. The fraction of sp³-hybridized carbons (Fsp3) is 0.562. The lowest BCUT2D eigenvalue weighted by atomic mass is 10.1. The van der Waals surface area contributed by atoms with Gasteiger partial charge in [0.05, 0.1) is 6.10 Å². The number of hydrogen-bond acceptors (Lipinski definition) is 4. The predicted molar refractivity (Wildman–Crippen MR) is 87.5 cm³/mol. The number of fused-ring (bicyclic) bond motifs is 1. The van der Waals surface area contributed by atoms with Crippen molar-refractivity contribution in [2.75, 3.05) is 0 Å². The molecule has 106 valence electrons. The lowest BCUT2D eigenvalue weighted by molar-refractivity contribution is 0.0123. The van der Waals surface area contributed by atoms with Crippen LogP contribution in [-0.4, -0.2) is 26.2 Å². The molecule has 1 spiro atoms. The highest BCUT2D eigenvalue weighted by Crippen LogP contribution is 2.63. The van der Waals surface area contributed by atoms with Gasteiger partial charge in [0.25, 0.3) is 0 Å². The van der Waals surface area contributed by atoms with E-state index < -0.39 is 0 Å². The molecule has 2 aliphatic heterocycles. The first kappa shape index (κ1) is 13.2. The van der Waals surface area contributed by atoms with Crippen molar-refractivity contribution in [1.29, 1.82) is 0 Å². The van der Waals surface area contributed by atoms with Gasteiger partial charge in [-0.2, -0.15) is 0 Å². The molecule has 2 heterocycles. The van der Waals surface area contributed by atoms with E-state index in [4.69, 9.17) is 9.73 Å². The average Bonchev–Trinajstić information content (AvgIpc) is 3.04. The summed E-state index contributed by atoms with van der Waals surface area (Å²) in [5, 5.41) is 1.80. The number of rotatable bonds is 1. The number of thioether (sulfide) groups is 2. The van der Waals surface area contributed by atoms with E-state index in [1.54, 1.807) is 0 Å². The Balaban J connectivity index is 1.66. The van der Waals surface area contributed by atoms with Gasteiger partial charge in [-0.25, -0.2) is 0 Å². The van der Waals surface area contributed by atoms with Gasteiger partial charge in [-0.15, -0.1) is 11.8 Å². The average molecular weight is 305 g/mol. The third-order valence-electron chi connectivity index (χ3n) is 4.39. The maximum Gasteiger partial charge on any atom is 0.191 e. The summed E-state index contributed by atoms with van der Waals surface area (Å²) in [5.74, 6) is 0. The summed E-state index contributed by atoms with van der Waals surface area (Å²) < 4.78 is 6.30. The molecule has 1 aliphatic carbocycles. The summed E-state index contributed by atoms with van der Waals surface area (Å²) >= 11 is 3.85. The van der Waals surface area contributed by atoms with Crippen LogP contribution in [0.1, 0.15) is 38.7 Å². The SMILES string of the molecule is CC1(C)N=C(c2ccccc2)S[C@@]12O[C@@H]1CCC[C@H]1S2. The molecule has 0 aromatic heterocycles. The Bertz CT molecular complexity index is 543. The Kier molecular flexibility index (Phi) is 2.99. The van der Waals surface area contributed by atoms with Crippen LogP contribution in [0.25, 0.3) is 0 Å². The number of nitrogens with zero attached hydrogens (tertiary/aromatic N) is 1. The number of aliphatic imine (C=N–C) groups is 1. The van der Waals surface area contributed by atoms with Crippen molar-refractivity contribution >= 4 is 28.6 Å². The Hall–Kier alpha value is -0.450. The van der Waals surface area contributed by atoms with Gasteiger partial charge in [0.2, 0.25) is 0 Å². The maximum atomic E-state index is 6.51. The Morgan fingerprint density at radius 1 is 1.20 bits per heavy atom. The molecule has 0 unspecified atom stereocenters. The molecule has 0 amide bonds. The molecule has 4 rings (SSSR count). The molecule has 1 saturated heterocycles. The molecule has 3 atom stereocenters. The van der Waals surface area contributed by atoms with E-state index in [-0.39, 0.29) is 9.80 Å². The van der Waals surface area contributed by atoms with E-state index in [1.807, 2.05) is 23.5 Å². The van der Waals surface area contributed by atoms with Crippen LogP contribution in [0.4, 0.5) is 0 Å². The van der Waals surface area contributed by atoms with Crippen molar-refractivity contribution in [3.8, 4) is 0 Å². The quantitative estimate of drug-likeness (QED) is 0.772. The second-order valence-electron chi connectivity index (χ2n) is 6.24. The molecule has 2 nitrogen and oxygen atoms in total. The van der Waals surface area contributed by atoms with Crippen LogP contribution < -0.4 is 0 Å². The van der Waals surface area contributed by atoms with Crippen LogP contribution >= 0.6 is 23.5 Å². The molecule has 1 aromatic rings. The second kappa shape index (κ2) is 4.52. The van der Waals surface area contributed by atoms with Crippen LogP contribution in [0.15, 0.2) is 35.3 Å². The summed E-state index contributed by atoms with van der Waals surface area (Å²) in [4.78, 5) is 4.99. The van der Waals surface area contributed by atoms with Gasteiger partial charge in [0.15, 0.2) is 4.27 Å². The smallest absolute Gasteiger partial charge is 0.191 e. The summed E-state index contributed by atoms with van der Waals surface area (Å²) in [6.07, 6.45) is 4.28. The highest BCUT2D eigenvalue weighted by Gasteiger charge is 2.61. The van der Waals surface area contributed by atoms with Crippen LogP contribution in [0, 0.1) is 0 Å². The third-order valence-corrected chi connectivity index (χ3v) is 8.06. The molecule has 2 fully saturated rings. The summed E-state index contributed by atoms with van der Waals surface area (Å²) in [6.45, 7) is 4.42. The third kappa shape index (κ3) is 1.88. The predicted octanol–water partition coefficient (Wildman–Crippen LogP) is 4.30. The van der Waals surface area contributed by atoms with E-state index >= 15 is 0 Å². The highest BCUT2D eigenvalue weighted by molar-refractivity contribution is 8.26. The minimum Gasteiger partial charge on any atom is -0.348 e. The van der Waals surface area contributed by atoms with Gasteiger partial charge in [-0.1, -0.05) is 42.1 Å². The topological polar surface area (TPSA) is 21.6 Å². The minimum atomic E-state index is -0.214. The van der Waals surface area contributed by atoms with Gasteiger partial charge in [-0.3, -0.25) is 4.99 Å². The van der Waals surface area contributed by atoms with Gasteiger partial charge < -0.3 is 4.74 Å². The first-order valence-corrected chi connectivity index (χ1v) is 8.99. The van der Waals surface area contributed by atoms with Crippen molar-refractivity contribution < 1.29 is 4.74 Å². The van der Waals surface area contributed by atoms with Gasteiger partial charge in [-0.05, 0) is 33.1 Å². The fourth-order valence-electron chi connectivity index (χ4n) is 3.23. The van der Waals surface area contributed by atoms with Crippen LogP contribution in [0.3, 0.4) is 0 Å². The first-order valence-electron chi connectivity index (χ1n) is 7.30. The number of hydrogen-bond donors (Lipinski definition) is 0. The largest absolute Gasteiger partial charge is 0.348 e. The zero-order valence-corrected chi connectivity index (χ0v) is 13.5. The molecule has 4 heteroatoms. The summed E-state index contributed by atoms with van der Waals surface area (Å²) in [5.41, 5.74) is 1.04. The van der Waals surface area contributed by atoms with Crippen molar-refractivity contribution in [1.82, 2.24) is 0 Å². The maximum absolute atomic E-state index is 6.51. The van der Waals surface area contributed by atoms with Crippen molar-refractivity contribution in [2.24, 2.45) is 4.99 Å². The lowest BCUT2D eigenvalue weighted by Gasteiger charge is -2.34. The molecule has 0 radical (unpaired) electrons. The lowest BCUT2D eigenvalue weighted by Crippen LogP contribution is -2.40. The van der Waals surface area contributed by atoms with E-state index in [1.165, 1.54) is 24.8 Å². The monoisotopic (exact) mass is 305 g/mol. The first-order chi connectivity index (χ1) is 9.60. The van der Waals surface area contributed by atoms with E-state index in [2.05, 4.69) is 44.2 Å². The second-order valence-corrected chi connectivity index (χ2v) is 9.08. The molecule has 1 saturated carbocycles. The Morgan fingerprint density at radius 3 is 2.75 bits per heavy atom. The van der Waals surface area contributed by atoms with E-state index in [0.29, 0.717) is 11.4 Å². The van der Waals surface area contributed by atoms with Crippen molar-refractivity contribution in [2.45, 2.75) is 54.3 Å². The van der Waals surface area contributed by atoms with Crippen molar-refractivity contribution in [3.05, 3.63) is 35.9 Å². The van der Waals surface area contributed by atoms with Crippen LogP contribution in [0.5, 0.6) is 0 Å². The van der Waals surface area contributed by atoms with Gasteiger partial charge in [0.1, 0.15) is 10.6 Å². The number of benzene rings is 1. The molecule has 0 bridgehead atoms. The molecular formula is C16H19NOS2. The summed E-state index contributed by atoms with van der Waals surface area (Å²) in [6, 6.07) is 10.5. The van der Waals surface area contributed by atoms with Crippen molar-refractivity contribution in [3.63, 3.8) is 0 Å². The molecule has 3 aliphatic rings. The zero-order chi connectivity index (χ0) is 13.8. The Morgan fingerprint density at radius 2 is 2.00 bits per heavy atom. The standard InChI is InChI=1S/C16H19NOS2/c1-15(2)16(18-12-9-6-10-13(12)19-16)20-14(17-15)11-7-4-3-5-8-11/h3-5,7-8,12-13H,6,9-10H2,1-2H3/t12-,13-,16-/m1/s1. The summed E-state index contributed by atoms with van der Waals surface area (Å²) in [7, 11) is 0. The normalized spacial score (nSPS) is 38.2. The minimum absolute atomic E-state index is 0.169. The van der Waals surface area contributed by atoms with E-state index in [9.17, 15) is 0 Å². The van der Waals surface area contributed by atoms with Gasteiger partial charge >= 0.3 is 0 Å². The Labute approximate surface area is 128 Å². The van der Waals surface area contributed by atoms with E-state index in [0.717, 1.165) is 5.04 Å².